The predicted molar refractivity (Wildman–Crippen MR) is 82.3 cm³/mol. The van der Waals surface area contributed by atoms with Crippen molar-refractivity contribution in [1.82, 2.24) is 5.32 Å². The van der Waals surface area contributed by atoms with E-state index in [1.165, 1.54) is 0 Å². The Morgan fingerprint density at radius 2 is 2.05 bits per heavy atom. The molecule has 0 radical (unpaired) electrons. The summed E-state index contributed by atoms with van der Waals surface area (Å²) in [5, 5.41) is 2.91. The molecule has 2 rings (SSSR count). The Balaban J connectivity index is 0.00000200. The molecule has 5 heteroatoms. The van der Waals surface area contributed by atoms with Gasteiger partial charge in [-0.3, -0.25) is 4.79 Å². The van der Waals surface area contributed by atoms with Crippen molar-refractivity contribution in [2.24, 2.45) is 5.73 Å². The smallest absolute Gasteiger partial charge is 0.261 e. The number of hydrogen-bond acceptors (Lipinski definition) is 3. The molecule has 0 bridgehead atoms. The van der Waals surface area contributed by atoms with Crippen LogP contribution in [0, 0.1) is 0 Å². The summed E-state index contributed by atoms with van der Waals surface area (Å²) in [5.74, 6) is 0.737. The van der Waals surface area contributed by atoms with Gasteiger partial charge in [0.25, 0.3) is 5.91 Å². The second-order valence-electron chi connectivity index (χ2n) is 5.21. The summed E-state index contributed by atoms with van der Waals surface area (Å²) in [4.78, 5) is 12.1. The maximum atomic E-state index is 12.1. The second kappa shape index (κ2) is 6.95. The first-order valence-electron chi connectivity index (χ1n) is 6.89. The number of rotatable bonds is 5. The lowest BCUT2D eigenvalue weighted by molar-refractivity contribution is -0.127. The summed E-state index contributed by atoms with van der Waals surface area (Å²) < 4.78 is 5.65. The summed E-state index contributed by atoms with van der Waals surface area (Å²) in [7, 11) is 0. The average Bonchev–Trinajstić information content (AvgIpc) is 2.88. The van der Waals surface area contributed by atoms with E-state index in [-0.39, 0.29) is 23.9 Å². The van der Waals surface area contributed by atoms with Gasteiger partial charge in [-0.05, 0) is 24.5 Å². The normalized spacial score (nSPS) is 16.9. The number of fused-ring (bicyclic) bond motifs is 1. The third-order valence-electron chi connectivity index (χ3n) is 3.96. The Labute approximate surface area is 126 Å². The van der Waals surface area contributed by atoms with Gasteiger partial charge in [0.1, 0.15) is 5.75 Å². The largest absolute Gasteiger partial charge is 0.480 e. The molecule has 0 saturated heterocycles. The van der Waals surface area contributed by atoms with Crippen molar-refractivity contribution < 1.29 is 9.53 Å². The van der Waals surface area contributed by atoms with Gasteiger partial charge < -0.3 is 15.8 Å². The second-order valence-corrected chi connectivity index (χ2v) is 5.21. The van der Waals surface area contributed by atoms with Crippen molar-refractivity contribution in [3.63, 3.8) is 0 Å². The molecule has 1 aliphatic rings. The van der Waals surface area contributed by atoms with Crippen molar-refractivity contribution in [3.05, 3.63) is 29.8 Å². The van der Waals surface area contributed by atoms with E-state index in [1.807, 2.05) is 38.1 Å². The Hall–Kier alpha value is -1.26. The molecule has 1 heterocycles. The number of carbonyl (C=O) groups excluding carboxylic acids is 1. The maximum Gasteiger partial charge on any atom is 0.261 e. The lowest BCUT2D eigenvalue weighted by atomic mass is 9.94. The maximum absolute atomic E-state index is 12.1. The summed E-state index contributed by atoms with van der Waals surface area (Å²) in [6.07, 6.45) is 1.90. The standard InChI is InChI=1S/C15H22N2O2.ClH/c1-3-15(16,4-2)10-17-14(18)13-9-11-7-5-6-8-12(11)19-13;/h5-8,13H,3-4,9-10,16H2,1-2H3,(H,17,18);1H. The third kappa shape index (κ3) is 3.64. The summed E-state index contributed by atoms with van der Waals surface area (Å²) in [6.45, 7) is 4.57. The van der Waals surface area contributed by atoms with E-state index in [4.69, 9.17) is 10.5 Å². The van der Waals surface area contributed by atoms with Crippen LogP contribution in [0.5, 0.6) is 5.75 Å². The number of hydrogen-bond donors (Lipinski definition) is 2. The van der Waals surface area contributed by atoms with Crippen LogP contribution in [0.4, 0.5) is 0 Å². The molecule has 3 N–H and O–H groups in total. The topological polar surface area (TPSA) is 64.3 Å². The highest BCUT2D eigenvalue weighted by Gasteiger charge is 2.30. The van der Waals surface area contributed by atoms with Crippen LogP contribution in [0.15, 0.2) is 24.3 Å². The first kappa shape index (κ1) is 16.8. The average molecular weight is 299 g/mol. The van der Waals surface area contributed by atoms with Crippen LogP contribution in [-0.4, -0.2) is 24.1 Å². The SMILES string of the molecule is CCC(N)(CC)CNC(=O)C1Cc2ccccc2O1.Cl. The lowest BCUT2D eigenvalue weighted by Crippen LogP contribution is -2.51. The molecule has 1 aromatic carbocycles. The molecule has 112 valence electrons. The number of para-hydroxylation sites is 1. The predicted octanol–water partition coefficient (Wildman–Crippen LogP) is 2.05. The van der Waals surface area contributed by atoms with Gasteiger partial charge in [0, 0.05) is 18.5 Å². The number of nitrogens with one attached hydrogen (secondary N) is 1. The van der Waals surface area contributed by atoms with Gasteiger partial charge in [0.05, 0.1) is 0 Å². The van der Waals surface area contributed by atoms with Crippen LogP contribution < -0.4 is 15.8 Å². The van der Waals surface area contributed by atoms with E-state index in [0.717, 1.165) is 24.2 Å². The van der Waals surface area contributed by atoms with E-state index in [9.17, 15) is 4.79 Å². The highest BCUT2D eigenvalue weighted by molar-refractivity contribution is 5.85. The van der Waals surface area contributed by atoms with Crippen LogP contribution >= 0.6 is 12.4 Å². The molecular formula is C15H23ClN2O2. The number of amides is 1. The van der Waals surface area contributed by atoms with Gasteiger partial charge in [0.2, 0.25) is 0 Å². The van der Waals surface area contributed by atoms with E-state index in [0.29, 0.717) is 13.0 Å². The quantitative estimate of drug-likeness (QED) is 0.874. The van der Waals surface area contributed by atoms with Crippen molar-refractivity contribution >= 4 is 18.3 Å². The Bertz CT molecular complexity index is 436. The molecule has 4 nitrogen and oxygen atoms in total. The Morgan fingerprint density at radius 3 is 2.65 bits per heavy atom. The molecule has 1 aromatic rings. The summed E-state index contributed by atoms with van der Waals surface area (Å²) in [5.41, 5.74) is 6.94. The first-order chi connectivity index (χ1) is 9.08. The number of ether oxygens (including phenoxy) is 1. The van der Waals surface area contributed by atoms with E-state index in [2.05, 4.69) is 5.32 Å². The fourth-order valence-corrected chi connectivity index (χ4v) is 2.21. The van der Waals surface area contributed by atoms with Gasteiger partial charge >= 0.3 is 0 Å². The Morgan fingerprint density at radius 1 is 1.40 bits per heavy atom. The van der Waals surface area contributed by atoms with Gasteiger partial charge in [-0.2, -0.15) is 0 Å². The van der Waals surface area contributed by atoms with Gasteiger partial charge in [-0.25, -0.2) is 0 Å². The molecule has 20 heavy (non-hydrogen) atoms. The molecule has 0 spiro atoms. The minimum absolute atomic E-state index is 0. The van der Waals surface area contributed by atoms with Gasteiger partial charge in [0.15, 0.2) is 6.10 Å². The van der Waals surface area contributed by atoms with Crippen LogP contribution in [-0.2, 0) is 11.2 Å². The molecule has 1 amide bonds. The van der Waals surface area contributed by atoms with Crippen molar-refractivity contribution in [2.45, 2.75) is 44.8 Å². The summed E-state index contributed by atoms with van der Waals surface area (Å²) in [6, 6.07) is 7.77. The summed E-state index contributed by atoms with van der Waals surface area (Å²) >= 11 is 0. The zero-order chi connectivity index (χ0) is 13.9. The van der Waals surface area contributed by atoms with E-state index in [1.54, 1.807) is 0 Å². The fourth-order valence-electron chi connectivity index (χ4n) is 2.21. The molecule has 0 aliphatic carbocycles. The van der Waals surface area contributed by atoms with Gasteiger partial charge in [-0.1, -0.05) is 32.0 Å². The van der Waals surface area contributed by atoms with Crippen LogP contribution in [0.1, 0.15) is 32.3 Å². The minimum atomic E-state index is -0.421. The zero-order valence-corrected chi connectivity index (χ0v) is 12.8. The van der Waals surface area contributed by atoms with E-state index < -0.39 is 6.10 Å². The van der Waals surface area contributed by atoms with E-state index >= 15 is 0 Å². The third-order valence-corrected chi connectivity index (χ3v) is 3.96. The number of nitrogens with two attached hydrogens (primary N) is 1. The van der Waals surface area contributed by atoms with Crippen LogP contribution in [0.25, 0.3) is 0 Å². The van der Waals surface area contributed by atoms with Gasteiger partial charge in [-0.15, -0.1) is 12.4 Å². The fraction of sp³-hybridized carbons (Fsp3) is 0.533. The van der Waals surface area contributed by atoms with Crippen molar-refractivity contribution in [1.29, 1.82) is 0 Å². The zero-order valence-electron chi connectivity index (χ0n) is 12.0. The highest BCUT2D eigenvalue weighted by Crippen LogP contribution is 2.28. The monoisotopic (exact) mass is 298 g/mol. The molecule has 1 atom stereocenters. The van der Waals surface area contributed by atoms with Crippen molar-refractivity contribution in [2.75, 3.05) is 6.54 Å². The highest BCUT2D eigenvalue weighted by atomic mass is 35.5. The first-order valence-corrected chi connectivity index (χ1v) is 6.89. The molecule has 0 saturated carbocycles. The van der Waals surface area contributed by atoms with Crippen molar-refractivity contribution in [3.8, 4) is 5.75 Å². The minimum Gasteiger partial charge on any atom is -0.480 e. The Kier molecular flexibility index (Phi) is 5.84. The van der Waals surface area contributed by atoms with Crippen LogP contribution in [0.3, 0.4) is 0 Å². The number of benzene rings is 1. The van der Waals surface area contributed by atoms with Crippen LogP contribution in [0.2, 0.25) is 0 Å². The lowest BCUT2D eigenvalue weighted by Gasteiger charge is -2.27. The number of carbonyl (C=O) groups is 1. The molecule has 1 unspecified atom stereocenters. The molecule has 1 aliphatic heterocycles. The molecular weight excluding hydrogens is 276 g/mol. The number of halogens is 1. The molecule has 0 fully saturated rings. The molecule has 0 aromatic heterocycles.